The van der Waals surface area contributed by atoms with E-state index >= 15 is 0 Å². The minimum atomic E-state index is -0.428. The van der Waals surface area contributed by atoms with Crippen molar-refractivity contribution in [2.45, 2.75) is 47.0 Å². The Balaban J connectivity index is 3.33. The maximum Gasteiger partial charge on any atom is 0.250 e. The van der Waals surface area contributed by atoms with Crippen LogP contribution in [-0.4, -0.2) is 17.5 Å². The van der Waals surface area contributed by atoms with E-state index in [2.05, 4.69) is 11.9 Å². The van der Waals surface area contributed by atoms with Crippen molar-refractivity contribution in [2.24, 2.45) is 0 Å². The van der Waals surface area contributed by atoms with E-state index in [1.807, 2.05) is 13.8 Å². The largest absolute Gasteiger partial charge is 0.319 e. The van der Waals surface area contributed by atoms with Crippen LogP contribution in [0.4, 0.5) is 0 Å². The Morgan fingerprint density at radius 3 is 1.80 bits per heavy atom. The predicted molar refractivity (Wildman–Crippen MR) is 77.9 cm³/mol. The van der Waals surface area contributed by atoms with Gasteiger partial charge in [-0.3, -0.25) is 14.4 Å². The van der Waals surface area contributed by atoms with Crippen molar-refractivity contribution in [3.63, 3.8) is 0 Å². The first-order chi connectivity index (χ1) is 9.38. The molecule has 108 valence electrons. The Kier molecular flexibility index (Phi) is 5.19. The standard InChI is InChI=1S/C16H21NO3/c1-6-10-11(7-2)15(19)13(12(8-3)14(10)18)17-16(20)9(4)5/h4,6-8H2,1-3,5H3,(H,17,20). The molecule has 4 nitrogen and oxygen atoms in total. The normalized spacial score (nSPS) is 15.8. The van der Waals surface area contributed by atoms with Gasteiger partial charge in [0.05, 0.1) is 5.70 Å². The SMILES string of the molecule is C=C(C)C(=O)NC1=C(CC)C(=O)C(CC)=C(CC)C1=O. The monoisotopic (exact) mass is 275 g/mol. The van der Waals surface area contributed by atoms with Gasteiger partial charge < -0.3 is 5.32 Å². The van der Waals surface area contributed by atoms with Crippen LogP contribution < -0.4 is 5.32 Å². The number of carbonyl (C=O) groups excluding carboxylic acids is 3. The number of allylic oxidation sites excluding steroid dienone is 3. The predicted octanol–water partition coefficient (Wildman–Crippen LogP) is 2.61. The van der Waals surface area contributed by atoms with Gasteiger partial charge in [0.1, 0.15) is 0 Å². The summed E-state index contributed by atoms with van der Waals surface area (Å²) in [5.41, 5.74) is 1.89. The lowest BCUT2D eigenvalue weighted by Crippen LogP contribution is -2.35. The summed E-state index contributed by atoms with van der Waals surface area (Å²) < 4.78 is 0. The van der Waals surface area contributed by atoms with Gasteiger partial charge in [0, 0.05) is 22.3 Å². The van der Waals surface area contributed by atoms with Gasteiger partial charge in [-0.25, -0.2) is 0 Å². The zero-order valence-corrected chi connectivity index (χ0v) is 12.6. The van der Waals surface area contributed by atoms with Crippen LogP contribution in [-0.2, 0) is 14.4 Å². The summed E-state index contributed by atoms with van der Waals surface area (Å²) >= 11 is 0. The van der Waals surface area contributed by atoms with E-state index in [1.54, 1.807) is 13.8 Å². The molecule has 0 atom stereocenters. The molecule has 1 aliphatic rings. The van der Waals surface area contributed by atoms with Gasteiger partial charge in [-0.2, -0.15) is 0 Å². The molecule has 0 aromatic rings. The van der Waals surface area contributed by atoms with Gasteiger partial charge in [-0.15, -0.1) is 0 Å². The first kappa shape index (κ1) is 16.1. The fraction of sp³-hybridized carbons (Fsp3) is 0.438. The molecule has 0 bridgehead atoms. The third kappa shape index (κ3) is 2.79. The van der Waals surface area contributed by atoms with Crippen molar-refractivity contribution in [3.05, 3.63) is 34.6 Å². The van der Waals surface area contributed by atoms with Gasteiger partial charge in [-0.1, -0.05) is 27.4 Å². The second-order valence-corrected chi connectivity index (χ2v) is 4.76. The third-order valence-electron chi connectivity index (χ3n) is 3.40. The fourth-order valence-electron chi connectivity index (χ4n) is 2.30. The van der Waals surface area contributed by atoms with Gasteiger partial charge >= 0.3 is 0 Å². The molecule has 20 heavy (non-hydrogen) atoms. The first-order valence-electron chi connectivity index (χ1n) is 6.90. The van der Waals surface area contributed by atoms with Crippen LogP contribution in [0.3, 0.4) is 0 Å². The molecule has 0 unspecified atom stereocenters. The molecular weight excluding hydrogens is 254 g/mol. The van der Waals surface area contributed by atoms with E-state index in [4.69, 9.17) is 0 Å². The number of carbonyl (C=O) groups is 3. The van der Waals surface area contributed by atoms with Crippen molar-refractivity contribution in [3.8, 4) is 0 Å². The van der Waals surface area contributed by atoms with Crippen LogP contribution in [0.1, 0.15) is 47.0 Å². The molecule has 0 fully saturated rings. The highest BCUT2D eigenvalue weighted by Crippen LogP contribution is 2.29. The molecule has 0 aromatic heterocycles. The summed E-state index contributed by atoms with van der Waals surface area (Å²) in [4.78, 5) is 36.7. The summed E-state index contributed by atoms with van der Waals surface area (Å²) in [6.45, 7) is 10.6. The molecule has 0 aromatic carbocycles. The Bertz CT molecular complexity index is 550. The van der Waals surface area contributed by atoms with E-state index in [9.17, 15) is 14.4 Å². The summed E-state index contributed by atoms with van der Waals surface area (Å²) in [5.74, 6) is -0.790. The van der Waals surface area contributed by atoms with E-state index in [0.717, 1.165) is 0 Å². The molecule has 0 saturated carbocycles. The van der Waals surface area contributed by atoms with E-state index < -0.39 is 5.91 Å². The third-order valence-corrected chi connectivity index (χ3v) is 3.40. The number of nitrogens with one attached hydrogen (secondary N) is 1. The van der Waals surface area contributed by atoms with Crippen LogP contribution >= 0.6 is 0 Å². The van der Waals surface area contributed by atoms with Crippen molar-refractivity contribution in [1.82, 2.24) is 5.32 Å². The van der Waals surface area contributed by atoms with E-state index in [-0.39, 0.29) is 17.3 Å². The van der Waals surface area contributed by atoms with Crippen LogP contribution in [0.25, 0.3) is 0 Å². The van der Waals surface area contributed by atoms with E-state index in [0.29, 0.717) is 41.6 Å². The van der Waals surface area contributed by atoms with Crippen molar-refractivity contribution < 1.29 is 14.4 Å². The lowest BCUT2D eigenvalue weighted by atomic mass is 9.83. The molecule has 1 N–H and O–H groups in total. The fourth-order valence-corrected chi connectivity index (χ4v) is 2.30. The maximum atomic E-state index is 12.5. The number of Topliss-reactive ketones (excluding diaryl/α,β-unsaturated/α-hetero) is 2. The van der Waals surface area contributed by atoms with Crippen molar-refractivity contribution in [1.29, 1.82) is 0 Å². The second-order valence-electron chi connectivity index (χ2n) is 4.76. The first-order valence-corrected chi connectivity index (χ1v) is 6.90. The van der Waals surface area contributed by atoms with Crippen LogP contribution in [0, 0.1) is 0 Å². The highest BCUT2D eigenvalue weighted by atomic mass is 16.2. The summed E-state index contributed by atoms with van der Waals surface area (Å²) in [7, 11) is 0. The second kappa shape index (κ2) is 6.46. The Hall–Kier alpha value is -1.97. The minimum Gasteiger partial charge on any atom is -0.319 e. The quantitative estimate of drug-likeness (QED) is 0.619. The smallest absolute Gasteiger partial charge is 0.250 e. The molecule has 0 heterocycles. The maximum absolute atomic E-state index is 12.5. The van der Waals surface area contributed by atoms with Gasteiger partial charge in [-0.05, 0) is 26.2 Å². The molecule has 0 spiro atoms. The van der Waals surface area contributed by atoms with Crippen LogP contribution in [0.2, 0.25) is 0 Å². The number of amides is 1. The Morgan fingerprint density at radius 2 is 1.40 bits per heavy atom. The zero-order valence-electron chi connectivity index (χ0n) is 12.6. The molecule has 1 amide bonds. The highest BCUT2D eigenvalue weighted by Gasteiger charge is 2.32. The number of hydrogen-bond donors (Lipinski definition) is 1. The molecule has 0 aliphatic heterocycles. The lowest BCUT2D eigenvalue weighted by Gasteiger charge is -2.22. The van der Waals surface area contributed by atoms with Crippen molar-refractivity contribution >= 4 is 17.5 Å². The van der Waals surface area contributed by atoms with Crippen molar-refractivity contribution in [2.75, 3.05) is 0 Å². The van der Waals surface area contributed by atoms with Crippen LogP contribution in [0.15, 0.2) is 34.6 Å². The molecule has 1 rings (SSSR count). The lowest BCUT2D eigenvalue weighted by molar-refractivity contribution is -0.120. The number of ketones is 2. The average molecular weight is 275 g/mol. The molecule has 0 radical (unpaired) electrons. The number of hydrogen-bond acceptors (Lipinski definition) is 3. The molecule has 1 aliphatic carbocycles. The van der Waals surface area contributed by atoms with Gasteiger partial charge in [0.15, 0.2) is 5.78 Å². The topological polar surface area (TPSA) is 63.2 Å². The molecule has 4 heteroatoms. The highest BCUT2D eigenvalue weighted by molar-refractivity contribution is 6.26. The van der Waals surface area contributed by atoms with Gasteiger partial charge in [0.2, 0.25) is 5.78 Å². The minimum absolute atomic E-state index is 0.122. The Labute approximate surface area is 119 Å². The van der Waals surface area contributed by atoms with Crippen LogP contribution in [0.5, 0.6) is 0 Å². The molecular formula is C16H21NO3. The molecule has 0 saturated heterocycles. The Morgan fingerprint density at radius 1 is 0.950 bits per heavy atom. The number of rotatable bonds is 5. The zero-order chi connectivity index (χ0) is 15.4. The van der Waals surface area contributed by atoms with E-state index in [1.165, 1.54) is 0 Å². The summed E-state index contributed by atoms with van der Waals surface area (Å²) in [6.07, 6.45) is 1.42. The van der Waals surface area contributed by atoms with Gasteiger partial charge in [0.25, 0.3) is 5.91 Å². The average Bonchev–Trinajstić information content (AvgIpc) is 2.41. The summed E-state index contributed by atoms with van der Waals surface area (Å²) in [5, 5.41) is 2.55. The summed E-state index contributed by atoms with van der Waals surface area (Å²) in [6, 6.07) is 0.